The van der Waals surface area contributed by atoms with E-state index in [1.54, 1.807) is 12.1 Å². The van der Waals surface area contributed by atoms with Crippen molar-refractivity contribution in [2.24, 2.45) is 0 Å². The third-order valence-electron chi connectivity index (χ3n) is 3.29. The van der Waals surface area contributed by atoms with Gasteiger partial charge in [0, 0.05) is 24.3 Å². The summed E-state index contributed by atoms with van der Waals surface area (Å²) in [6, 6.07) is 10.9. The molecule has 0 spiro atoms. The second-order valence-corrected chi connectivity index (χ2v) is 5.69. The lowest BCUT2D eigenvalue weighted by molar-refractivity contribution is -0.137. The molecule has 3 nitrogen and oxygen atoms in total. The van der Waals surface area contributed by atoms with Crippen molar-refractivity contribution in [2.75, 3.05) is 17.2 Å². The Bertz CT molecular complexity index is 715. The molecule has 0 radical (unpaired) electrons. The zero-order chi connectivity index (χ0) is 17.7. The molecule has 0 aliphatic carbocycles. The number of amides is 1. The first-order valence-corrected chi connectivity index (χ1v) is 7.60. The summed E-state index contributed by atoms with van der Waals surface area (Å²) < 4.78 is 38.3. The van der Waals surface area contributed by atoms with Gasteiger partial charge in [0.2, 0.25) is 5.91 Å². The summed E-state index contributed by atoms with van der Waals surface area (Å²) in [5.74, 6) is -0.226. The topological polar surface area (TPSA) is 41.1 Å². The van der Waals surface area contributed by atoms with E-state index in [-0.39, 0.29) is 29.6 Å². The van der Waals surface area contributed by atoms with Crippen LogP contribution < -0.4 is 10.6 Å². The fourth-order valence-electron chi connectivity index (χ4n) is 2.03. The summed E-state index contributed by atoms with van der Waals surface area (Å²) in [6.45, 7) is 2.15. The van der Waals surface area contributed by atoms with Crippen molar-refractivity contribution in [3.05, 3.63) is 58.6 Å². The third-order valence-corrected chi connectivity index (χ3v) is 3.62. The van der Waals surface area contributed by atoms with Gasteiger partial charge < -0.3 is 10.6 Å². The first-order valence-electron chi connectivity index (χ1n) is 7.23. The number of hydrogen-bond donors (Lipinski definition) is 2. The van der Waals surface area contributed by atoms with E-state index in [1.165, 1.54) is 12.1 Å². The van der Waals surface area contributed by atoms with Gasteiger partial charge in [0.05, 0.1) is 10.6 Å². The summed E-state index contributed by atoms with van der Waals surface area (Å²) in [7, 11) is 0. The van der Waals surface area contributed by atoms with Crippen LogP contribution in [0.1, 0.15) is 17.5 Å². The molecule has 2 aromatic carbocycles. The van der Waals surface area contributed by atoms with Crippen molar-refractivity contribution in [3.8, 4) is 0 Å². The number of alkyl halides is 3. The van der Waals surface area contributed by atoms with Crippen molar-refractivity contribution in [1.82, 2.24) is 0 Å². The van der Waals surface area contributed by atoms with Crippen LogP contribution in [0.4, 0.5) is 24.5 Å². The zero-order valence-electron chi connectivity index (χ0n) is 12.9. The van der Waals surface area contributed by atoms with Gasteiger partial charge in [0.25, 0.3) is 0 Å². The number of nitrogens with one attached hydrogen (secondary N) is 2. The second-order valence-electron chi connectivity index (χ2n) is 5.28. The van der Waals surface area contributed by atoms with E-state index >= 15 is 0 Å². The van der Waals surface area contributed by atoms with E-state index in [0.717, 1.165) is 11.6 Å². The third kappa shape index (κ3) is 5.16. The van der Waals surface area contributed by atoms with Crippen LogP contribution in [0.3, 0.4) is 0 Å². The quantitative estimate of drug-likeness (QED) is 0.781. The van der Waals surface area contributed by atoms with Gasteiger partial charge >= 0.3 is 6.18 Å². The van der Waals surface area contributed by atoms with Gasteiger partial charge in [0.15, 0.2) is 0 Å². The minimum Gasteiger partial charge on any atom is -0.385 e. The standard InChI is InChI=1S/C17H16ClF3N2O/c1-11-2-4-12(5-3-11)23-16(24)8-9-22-13-6-7-15(18)14(10-13)17(19,20)21/h2-7,10,22H,8-9H2,1H3,(H,23,24). The Labute approximate surface area is 142 Å². The summed E-state index contributed by atoms with van der Waals surface area (Å²) in [5, 5.41) is 5.15. The van der Waals surface area contributed by atoms with Crippen LogP contribution in [0.15, 0.2) is 42.5 Å². The van der Waals surface area contributed by atoms with E-state index in [1.807, 2.05) is 19.1 Å². The molecular weight excluding hydrogens is 341 g/mol. The molecule has 0 aromatic heterocycles. The lowest BCUT2D eigenvalue weighted by Gasteiger charge is -2.12. The predicted octanol–water partition coefficient (Wildman–Crippen LogP) is 5.11. The van der Waals surface area contributed by atoms with Crippen molar-refractivity contribution < 1.29 is 18.0 Å². The number of hydrogen-bond acceptors (Lipinski definition) is 2. The van der Waals surface area contributed by atoms with Gasteiger partial charge in [-0.15, -0.1) is 0 Å². The Morgan fingerprint density at radius 2 is 1.71 bits per heavy atom. The van der Waals surface area contributed by atoms with Gasteiger partial charge in [-0.2, -0.15) is 13.2 Å². The highest BCUT2D eigenvalue weighted by Gasteiger charge is 2.33. The number of halogens is 4. The number of carbonyl (C=O) groups excluding carboxylic acids is 1. The highest BCUT2D eigenvalue weighted by molar-refractivity contribution is 6.31. The average Bonchev–Trinajstić information content (AvgIpc) is 2.50. The maximum absolute atomic E-state index is 12.8. The molecule has 0 aliphatic rings. The van der Waals surface area contributed by atoms with Gasteiger partial charge in [-0.05, 0) is 37.3 Å². The molecule has 24 heavy (non-hydrogen) atoms. The Hall–Kier alpha value is -2.21. The molecular formula is C17H16ClF3N2O. The van der Waals surface area contributed by atoms with Crippen LogP contribution >= 0.6 is 11.6 Å². The van der Waals surface area contributed by atoms with Crippen LogP contribution in [0, 0.1) is 6.92 Å². The van der Waals surface area contributed by atoms with Gasteiger partial charge in [0.1, 0.15) is 0 Å². The highest BCUT2D eigenvalue weighted by atomic mass is 35.5. The molecule has 0 aliphatic heterocycles. The van der Waals surface area contributed by atoms with Crippen molar-refractivity contribution >= 4 is 28.9 Å². The molecule has 1 amide bonds. The molecule has 7 heteroatoms. The van der Waals surface area contributed by atoms with Crippen LogP contribution in [0.25, 0.3) is 0 Å². The number of rotatable bonds is 5. The van der Waals surface area contributed by atoms with E-state index < -0.39 is 11.7 Å². The maximum atomic E-state index is 12.8. The fraction of sp³-hybridized carbons (Fsp3) is 0.235. The zero-order valence-corrected chi connectivity index (χ0v) is 13.6. The summed E-state index contributed by atoms with van der Waals surface area (Å²) in [4.78, 5) is 11.8. The second kappa shape index (κ2) is 7.57. The number of anilines is 2. The molecule has 0 atom stereocenters. The predicted molar refractivity (Wildman–Crippen MR) is 89.4 cm³/mol. The van der Waals surface area contributed by atoms with Crippen molar-refractivity contribution in [1.29, 1.82) is 0 Å². The normalized spacial score (nSPS) is 11.2. The van der Waals surface area contributed by atoms with Crippen LogP contribution in [0.5, 0.6) is 0 Å². The molecule has 0 heterocycles. The van der Waals surface area contributed by atoms with Crippen LogP contribution in [-0.4, -0.2) is 12.5 Å². The lowest BCUT2D eigenvalue weighted by atomic mass is 10.2. The molecule has 0 saturated heterocycles. The Kier molecular flexibility index (Phi) is 5.72. The largest absolute Gasteiger partial charge is 0.417 e. The van der Waals surface area contributed by atoms with Crippen LogP contribution in [-0.2, 0) is 11.0 Å². The van der Waals surface area contributed by atoms with Gasteiger partial charge in [-0.3, -0.25) is 4.79 Å². The smallest absolute Gasteiger partial charge is 0.385 e. The monoisotopic (exact) mass is 356 g/mol. The molecule has 2 rings (SSSR count). The van der Waals surface area contributed by atoms with Crippen LogP contribution in [0.2, 0.25) is 5.02 Å². The molecule has 2 aromatic rings. The Morgan fingerprint density at radius 3 is 2.33 bits per heavy atom. The van der Waals surface area contributed by atoms with E-state index in [0.29, 0.717) is 5.69 Å². The molecule has 0 fully saturated rings. The SMILES string of the molecule is Cc1ccc(NC(=O)CCNc2ccc(Cl)c(C(F)(F)F)c2)cc1. The molecule has 2 N–H and O–H groups in total. The molecule has 0 saturated carbocycles. The summed E-state index contributed by atoms with van der Waals surface area (Å²) in [6.07, 6.45) is -4.39. The van der Waals surface area contributed by atoms with Crippen molar-refractivity contribution in [2.45, 2.75) is 19.5 Å². The Balaban J connectivity index is 1.87. The van der Waals surface area contributed by atoms with Gasteiger partial charge in [-0.1, -0.05) is 29.3 Å². The molecule has 0 bridgehead atoms. The van der Waals surface area contributed by atoms with E-state index in [2.05, 4.69) is 10.6 Å². The summed E-state index contributed by atoms with van der Waals surface area (Å²) in [5.41, 5.74) is 1.11. The lowest BCUT2D eigenvalue weighted by Crippen LogP contribution is -2.16. The molecule has 0 unspecified atom stereocenters. The Morgan fingerprint density at radius 1 is 1.08 bits per heavy atom. The highest BCUT2D eigenvalue weighted by Crippen LogP contribution is 2.36. The first-order chi connectivity index (χ1) is 11.3. The number of carbonyl (C=O) groups is 1. The minimum absolute atomic E-state index is 0.123. The van der Waals surface area contributed by atoms with E-state index in [4.69, 9.17) is 11.6 Å². The first kappa shape index (κ1) is 18.1. The number of benzene rings is 2. The van der Waals surface area contributed by atoms with E-state index in [9.17, 15) is 18.0 Å². The van der Waals surface area contributed by atoms with Gasteiger partial charge in [-0.25, -0.2) is 0 Å². The van der Waals surface area contributed by atoms with Crippen molar-refractivity contribution in [3.63, 3.8) is 0 Å². The fourth-order valence-corrected chi connectivity index (χ4v) is 2.26. The average molecular weight is 357 g/mol. The minimum atomic E-state index is -4.52. The maximum Gasteiger partial charge on any atom is 0.417 e. The summed E-state index contributed by atoms with van der Waals surface area (Å²) >= 11 is 5.55. The number of aryl methyl sites for hydroxylation is 1. The molecule has 128 valence electrons.